The predicted molar refractivity (Wildman–Crippen MR) is 77.0 cm³/mol. The average Bonchev–Trinajstić information content (AvgIpc) is 3.11. The van der Waals surface area contributed by atoms with E-state index in [9.17, 15) is 4.39 Å². The minimum atomic E-state index is -0.478. The van der Waals surface area contributed by atoms with Crippen LogP contribution in [0.4, 0.5) is 4.39 Å². The summed E-state index contributed by atoms with van der Waals surface area (Å²) in [6.45, 7) is 2.63. The van der Waals surface area contributed by atoms with E-state index in [0.29, 0.717) is 12.2 Å². The lowest BCUT2D eigenvalue weighted by Crippen LogP contribution is -2.03. The van der Waals surface area contributed by atoms with Crippen molar-refractivity contribution in [3.8, 4) is 5.69 Å². The number of aryl methyl sites for hydroxylation is 1. The van der Waals surface area contributed by atoms with E-state index < -0.39 is 5.82 Å². The van der Waals surface area contributed by atoms with Crippen molar-refractivity contribution in [1.29, 1.82) is 0 Å². The molecule has 0 saturated carbocycles. The number of aromatic nitrogens is 5. The van der Waals surface area contributed by atoms with Gasteiger partial charge in [0.25, 0.3) is 0 Å². The molecular weight excluding hydrogens is 293 g/mol. The average molecular weight is 306 g/mol. The highest BCUT2D eigenvalue weighted by Gasteiger charge is 2.08. The first-order chi connectivity index (χ1) is 10.2. The molecular formula is C14H13ClFN5. The van der Waals surface area contributed by atoms with Gasteiger partial charge < -0.3 is 4.57 Å². The third-order valence-corrected chi connectivity index (χ3v) is 3.47. The first-order valence-corrected chi connectivity index (χ1v) is 6.92. The van der Waals surface area contributed by atoms with Crippen LogP contribution in [0.5, 0.6) is 0 Å². The maximum Gasteiger partial charge on any atom is 0.143 e. The summed E-state index contributed by atoms with van der Waals surface area (Å²) in [6.07, 6.45) is 6.28. The van der Waals surface area contributed by atoms with E-state index in [4.69, 9.17) is 11.6 Å². The van der Waals surface area contributed by atoms with Gasteiger partial charge in [-0.2, -0.15) is 0 Å². The zero-order valence-corrected chi connectivity index (χ0v) is 12.1. The highest BCUT2D eigenvalue weighted by Crippen LogP contribution is 2.18. The fourth-order valence-electron chi connectivity index (χ4n) is 2.10. The molecule has 2 heterocycles. The van der Waals surface area contributed by atoms with E-state index in [2.05, 4.69) is 15.3 Å². The Morgan fingerprint density at radius 3 is 2.95 bits per heavy atom. The van der Waals surface area contributed by atoms with Gasteiger partial charge in [-0.05, 0) is 12.1 Å². The van der Waals surface area contributed by atoms with E-state index >= 15 is 0 Å². The lowest BCUT2D eigenvalue weighted by molar-refractivity contribution is 0.625. The third kappa shape index (κ3) is 2.80. The highest BCUT2D eigenvalue weighted by atomic mass is 35.5. The van der Waals surface area contributed by atoms with Crippen molar-refractivity contribution < 1.29 is 4.39 Å². The SMILES string of the molecule is CCc1nccn1Cc1cn(-c2ccc(Cl)c(F)c2)nn1. The molecule has 0 bridgehead atoms. The van der Waals surface area contributed by atoms with Crippen LogP contribution in [0.25, 0.3) is 5.69 Å². The summed E-state index contributed by atoms with van der Waals surface area (Å²) in [7, 11) is 0. The van der Waals surface area contributed by atoms with Crippen LogP contribution in [0, 0.1) is 5.82 Å². The van der Waals surface area contributed by atoms with Gasteiger partial charge in [0.05, 0.1) is 23.5 Å². The summed E-state index contributed by atoms with van der Waals surface area (Å²) in [5.74, 6) is 0.510. The predicted octanol–water partition coefficient (Wildman–Crippen LogP) is 2.87. The van der Waals surface area contributed by atoms with E-state index in [1.807, 2.05) is 17.7 Å². The maximum absolute atomic E-state index is 13.5. The van der Waals surface area contributed by atoms with Crippen LogP contribution in [0.1, 0.15) is 18.4 Å². The molecule has 0 unspecified atom stereocenters. The number of benzene rings is 1. The molecule has 0 aliphatic rings. The molecule has 1 aromatic carbocycles. The van der Waals surface area contributed by atoms with Crippen molar-refractivity contribution in [3.05, 3.63) is 59.1 Å². The molecule has 5 nitrogen and oxygen atoms in total. The van der Waals surface area contributed by atoms with Crippen molar-refractivity contribution in [2.24, 2.45) is 0 Å². The largest absolute Gasteiger partial charge is 0.329 e. The molecule has 108 valence electrons. The van der Waals surface area contributed by atoms with Crippen LogP contribution in [-0.2, 0) is 13.0 Å². The Labute approximate surface area is 126 Å². The van der Waals surface area contributed by atoms with Crippen LogP contribution in [0.15, 0.2) is 36.8 Å². The fraction of sp³-hybridized carbons (Fsp3) is 0.214. The van der Waals surface area contributed by atoms with Crippen LogP contribution >= 0.6 is 11.6 Å². The minimum absolute atomic E-state index is 0.0880. The van der Waals surface area contributed by atoms with E-state index in [1.54, 1.807) is 18.5 Å². The summed E-state index contributed by atoms with van der Waals surface area (Å²) in [6, 6.07) is 4.52. The van der Waals surface area contributed by atoms with Gasteiger partial charge in [-0.15, -0.1) is 5.10 Å². The molecule has 0 fully saturated rings. The molecule has 3 aromatic rings. The van der Waals surface area contributed by atoms with Gasteiger partial charge >= 0.3 is 0 Å². The van der Waals surface area contributed by atoms with Gasteiger partial charge in [0.15, 0.2) is 0 Å². The van der Waals surface area contributed by atoms with Crippen molar-refractivity contribution in [1.82, 2.24) is 24.5 Å². The molecule has 21 heavy (non-hydrogen) atoms. The maximum atomic E-state index is 13.5. The molecule has 0 atom stereocenters. The number of rotatable bonds is 4. The van der Waals surface area contributed by atoms with Crippen molar-refractivity contribution in [2.75, 3.05) is 0 Å². The molecule has 0 saturated heterocycles. The third-order valence-electron chi connectivity index (χ3n) is 3.16. The zero-order chi connectivity index (χ0) is 14.8. The van der Waals surface area contributed by atoms with E-state index in [1.165, 1.54) is 16.8 Å². The van der Waals surface area contributed by atoms with Gasteiger partial charge in [0.1, 0.15) is 17.3 Å². The van der Waals surface area contributed by atoms with Crippen LogP contribution < -0.4 is 0 Å². The molecule has 0 radical (unpaired) electrons. The molecule has 7 heteroatoms. The van der Waals surface area contributed by atoms with Crippen LogP contribution in [0.2, 0.25) is 5.02 Å². The molecule has 3 rings (SSSR count). The molecule has 2 aromatic heterocycles. The highest BCUT2D eigenvalue weighted by molar-refractivity contribution is 6.30. The van der Waals surface area contributed by atoms with Crippen LogP contribution in [-0.4, -0.2) is 24.5 Å². The second-order valence-electron chi connectivity index (χ2n) is 4.58. The Morgan fingerprint density at radius 1 is 1.33 bits per heavy atom. The topological polar surface area (TPSA) is 48.5 Å². The first-order valence-electron chi connectivity index (χ1n) is 6.54. The van der Waals surface area contributed by atoms with Crippen LogP contribution in [0.3, 0.4) is 0 Å². The lowest BCUT2D eigenvalue weighted by Gasteiger charge is -2.03. The molecule has 0 amide bonds. The Kier molecular flexibility index (Phi) is 3.70. The van der Waals surface area contributed by atoms with E-state index in [0.717, 1.165) is 17.9 Å². The lowest BCUT2D eigenvalue weighted by atomic mass is 10.3. The van der Waals surface area contributed by atoms with E-state index in [-0.39, 0.29) is 5.02 Å². The fourth-order valence-corrected chi connectivity index (χ4v) is 2.22. The standard InChI is InChI=1S/C14H13ClFN5/c1-2-14-17-5-6-20(14)8-10-9-21(19-18-10)11-3-4-12(15)13(16)7-11/h3-7,9H,2,8H2,1H3. The molecule has 0 aliphatic carbocycles. The Bertz CT molecular complexity index is 764. The van der Waals surface area contributed by atoms with Crippen molar-refractivity contribution >= 4 is 11.6 Å². The quantitative estimate of drug-likeness (QED) is 0.744. The Hall–Kier alpha value is -2.21. The van der Waals surface area contributed by atoms with Gasteiger partial charge in [0.2, 0.25) is 0 Å². The first kappa shape index (κ1) is 13.8. The smallest absolute Gasteiger partial charge is 0.143 e. The van der Waals surface area contributed by atoms with Gasteiger partial charge in [0, 0.05) is 24.9 Å². The van der Waals surface area contributed by atoms with Crippen molar-refractivity contribution in [3.63, 3.8) is 0 Å². The van der Waals surface area contributed by atoms with Gasteiger partial charge in [-0.1, -0.05) is 23.7 Å². The second kappa shape index (κ2) is 5.65. The summed E-state index contributed by atoms with van der Waals surface area (Å²) < 4.78 is 17.0. The number of imidazole rings is 1. The van der Waals surface area contributed by atoms with Gasteiger partial charge in [-0.25, -0.2) is 14.1 Å². The summed E-state index contributed by atoms with van der Waals surface area (Å²) >= 11 is 5.67. The molecule has 0 spiro atoms. The monoisotopic (exact) mass is 305 g/mol. The molecule has 0 aliphatic heterocycles. The Morgan fingerprint density at radius 2 is 2.19 bits per heavy atom. The minimum Gasteiger partial charge on any atom is -0.329 e. The Balaban J connectivity index is 1.84. The number of hydrogen-bond donors (Lipinski definition) is 0. The normalized spacial score (nSPS) is 11.0. The molecule has 0 N–H and O–H groups in total. The summed E-state index contributed by atoms with van der Waals surface area (Å²) in [5.41, 5.74) is 1.36. The summed E-state index contributed by atoms with van der Waals surface area (Å²) in [4.78, 5) is 4.26. The number of hydrogen-bond acceptors (Lipinski definition) is 3. The van der Waals surface area contributed by atoms with Gasteiger partial charge in [-0.3, -0.25) is 0 Å². The summed E-state index contributed by atoms with van der Waals surface area (Å²) in [5, 5.41) is 8.21. The second-order valence-corrected chi connectivity index (χ2v) is 4.98. The number of halogens is 2. The number of nitrogens with zero attached hydrogens (tertiary/aromatic N) is 5. The zero-order valence-electron chi connectivity index (χ0n) is 11.4. The van der Waals surface area contributed by atoms with Crippen molar-refractivity contribution in [2.45, 2.75) is 19.9 Å².